The molecule has 1 aliphatic rings. The van der Waals surface area contributed by atoms with E-state index in [1.54, 1.807) is 19.1 Å². The minimum absolute atomic E-state index is 0.299. The SMILES string of the molecule is CCOC(=O)c1cccc(Nc2ccc(N(C)c3ccc(C4CCCCC4)cc3)cc2C)n1. The zero-order valence-corrected chi connectivity index (χ0v) is 19.8. The molecule has 0 bridgehead atoms. The highest BCUT2D eigenvalue weighted by Gasteiger charge is 2.16. The van der Waals surface area contributed by atoms with Gasteiger partial charge in [-0.15, -0.1) is 0 Å². The molecule has 3 aromatic rings. The zero-order valence-electron chi connectivity index (χ0n) is 19.8. The molecule has 5 nitrogen and oxygen atoms in total. The summed E-state index contributed by atoms with van der Waals surface area (Å²) >= 11 is 0. The molecule has 1 aromatic heterocycles. The van der Waals surface area contributed by atoms with E-state index < -0.39 is 5.97 Å². The number of ether oxygens (including phenoxy) is 1. The average molecular weight is 444 g/mol. The van der Waals surface area contributed by atoms with Gasteiger partial charge < -0.3 is 15.0 Å². The van der Waals surface area contributed by atoms with Crippen molar-refractivity contribution in [1.29, 1.82) is 0 Å². The minimum atomic E-state index is -0.413. The predicted molar refractivity (Wildman–Crippen MR) is 135 cm³/mol. The Balaban J connectivity index is 1.46. The van der Waals surface area contributed by atoms with E-state index in [1.165, 1.54) is 43.4 Å². The van der Waals surface area contributed by atoms with Gasteiger partial charge in [-0.3, -0.25) is 0 Å². The Morgan fingerprint density at radius 3 is 2.45 bits per heavy atom. The number of carbonyl (C=O) groups is 1. The van der Waals surface area contributed by atoms with E-state index in [9.17, 15) is 4.79 Å². The van der Waals surface area contributed by atoms with Crippen LogP contribution in [0.5, 0.6) is 0 Å². The van der Waals surface area contributed by atoms with Gasteiger partial charge in [-0.1, -0.05) is 37.5 Å². The van der Waals surface area contributed by atoms with Crippen LogP contribution in [-0.2, 0) is 4.74 Å². The van der Waals surface area contributed by atoms with E-state index in [0.717, 1.165) is 22.9 Å². The predicted octanol–water partition coefficient (Wildman–Crippen LogP) is 7.13. The molecule has 33 heavy (non-hydrogen) atoms. The van der Waals surface area contributed by atoms with Gasteiger partial charge in [0, 0.05) is 24.1 Å². The summed E-state index contributed by atoms with van der Waals surface area (Å²) in [5, 5.41) is 3.32. The highest BCUT2D eigenvalue weighted by atomic mass is 16.5. The topological polar surface area (TPSA) is 54.5 Å². The van der Waals surface area contributed by atoms with Crippen LogP contribution in [-0.4, -0.2) is 24.6 Å². The number of anilines is 4. The van der Waals surface area contributed by atoms with Crippen LogP contribution < -0.4 is 10.2 Å². The fraction of sp³-hybridized carbons (Fsp3) is 0.357. The summed E-state index contributed by atoms with van der Waals surface area (Å²) in [5.74, 6) is 0.925. The van der Waals surface area contributed by atoms with Gasteiger partial charge >= 0.3 is 5.97 Å². The van der Waals surface area contributed by atoms with E-state index in [1.807, 2.05) is 6.07 Å². The first kappa shape index (κ1) is 22.8. The van der Waals surface area contributed by atoms with Gasteiger partial charge in [-0.25, -0.2) is 9.78 Å². The standard InChI is InChI=1S/C28H33N3O2/c1-4-33-28(32)26-11-8-12-27(30-26)29-25-18-17-24(19-20(25)2)31(3)23-15-13-22(14-16-23)21-9-6-5-7-10-21/h8,11-19,21H,4-7,9-10H2,1-3H3,(H,29,30). The van der Waals surface area contributed by atoms with Crippen molar-refractivity contribution in [2.45, 2.75) is 51.9 Å². The van der Waals surface area contributed by atoms with E-state index in [2.05, 4.69) is 71.6 Å². The molecule has 1 aliphatic carbocycles. The largest absolute Gasteiger partial charge is 0.461 e. The summed E-state index contributed by atoms with van der Waals surface area (Å²) in [4.78, 5) is 18.6. The van der Waals surface area contributed by atoms with E-state index in [-0.39, 0.29) is 0 Å². The second kappa shape index (κ2) is 10.5. The number of nitrogens with zero attached hydrogens (tertiary/aromatic N) is 2. The van der Waals surface area contributed by atoms with Crippen molar-refractivity contribution in [3.8, 4) is 0 Å². The van der Waals surface area contributed by atoms with Crippen molar-refractivity contribution >= 4 is 28.8 Å². The number of hydrogen-bond donors (Lipinski definition) is 1. The molecule has 5 heteroatoms. The minimum Gasteiger partial charge on any atom is -0.461 e. The summed E-state index contributed by atoms with van der Waals surface area (Å²) in [6.07, 6.45) is 6.73. The van der Waals surface area contributed by atoms with Gasteiger partial charge in [0.25, 0.3) is 0 Å². The number of benzene rings is 2. The molecule has 0 aliphatic heterocycles. The molecule has 4 rings (SSSR count). The van der Waals surface area contributed by atoms with Gasteiger partial charge in [-0.05, 0) is 86.2 Å². The second-order valence-corrected chi connectivity index (χ2v) is 8.74. The van der Waals surface area contributed by atoms with Crippen molar-refractivity contribution in [2.24, 2.45) is 0 Å². The monoisotopic (exact) mass is 443 g/mol. The Morgan fingerprint density at radius 1 is 1.03 bits per heavy atom. The van der Waals surface area contributed by atoms with Crippen LogP contribution >= 0.6 is 0 Å². The van der Waals surface area contributed by atoms with Crippen LogP contribution in [0.2, 0.25) is 0 Å². The fourth-order valence-electron chi connectivity index (χ4n) is 4.51. The Kier molecular flexibility index (Phi) is 7.28. The Hall–Kier alpha value is -3.34. The molecule has 0 saturated heterocycles. The molecule has 0 amide bonds. The first-order chi connectivity index (χ1) is 16.0. The van der Waals surface area contributed by atoms with E-state index in [0.29, 0.717) is 18.1 Å². The van der Waals surface area contributed by atoms with Gasteiger partial charge in [0.2, 0.25) is 0 Å². The number of pyridine rings is 1. The quantitative estimate of drug-likeness (QED) is 0.394. The van der Waals surface area contributed by atoms with E-state index in [4.69, 9.17) is 4.74 Å². The zero-order chi connectivity index (χ0) is 23.2. The number of esters is 1. The Labute approximate surface area is 196 Å². The third-order valence-corrected chi connectivity index (χ3v) is 6.45. The third kappa shape index (κ3) is 5.54. The maximum Gasteiger partial charge on any atom is 0.356 e. The van der Waals surface area contributed by atoms with Gasteiger partial charge in [0.15, 0.2) is 5.69 Å². The van der Waals surface area contributed by atoms with Crippen LogP contribution in [0, 0.1) is 6.92 Å². The van der Waals surface area contributed by atoms with Crippen molar-refractivity contribution in [3.05, 3.63) is 77.5 Å². The van der Waals surface area contributed by atoms with Crippen molar-refractivity contribution in [1.82, 2.24) is 4.98 Å². The summed E-state index contributed by atoms with van der Waals surface area (Å²) in [7, 11) is 2.10. The van der Waals surface area contributed by atoms with Gasteiger partial charge in [0.05, 0.1) is 6.61 Å². The second-order valence-electron chi connectivity index (χ2n) is 8.74. The van der Waals surface area contributed by atoms with Crippen LogP contribution in [0.25, 0.3) is 0 Å². The highest BCUT2D eigenvalue weighted by molar-refractivity contribution is 5.87. The Morgan fingerprint density at radius 2 is 1.76 bits per heavy atom. The molecule has 2 aromatic carbocycles. The third-order valence-electron chi connectivity index (χ3n) is 6.45. The lowest BCUT2D eigenvalue weighted by atomic mass is 9.84. The molecular weight excluding hydrogens is 410 g/mol. The first-order valence-electron chi connectivity index (χ1n) is 11.9. The van der Waals surface area contributed by atoms with Crippen LogP contribution in [0.1, 0.15) is 66.6 Å². The number of carbonyl (C=O) groups excluding carboxylic acids is 1. The molecule has 1 N–H and O–H groups in total. The average Bonchev–Trinajstić information content (AvgIpc) is 2.86. The molecule has 1 heterocycles. The number of aryl methyl sites for hydroxylation is 1. The first-order valence-corrected chi connectivity index (χ1v) is 11.9. The normalized spacial score (nSPS) is 14.0. The van der Waals surface area contributed by atoms with Crippen molar-refractivity contribution < 1.29 is 9.53 Å². The maximum absolute atomic E-state index is 12.0. The molecule has 1 fully saturated rings. The lowest BCUT2D eigenvalue weighted by Crippen LogP contribution is -2.11. The van der Waals surface area contributed by atoms with Crippen LogP contribution in [0.4, 0.5) is 22.9 Å². The molecule has 0 unspecified atom stereocenters. The summed E-state index contributed by atoms with van der Waals surface area (Å²) in [6.45, 7) is 4.18. The number of aromatic nitrogens is 1. The number of nitrogens with one attached hydrogen (secondary N) is 1. The summed E-state index contributed by atoms with van der Waals surface area (Å²) < 4.78 is 5.05. The highest BCUT2D eigenvalue weighted by Crippen LogP contribution is 2.34. The number of rotatable bonds is 7. The molecule has 0 spiro atoms. The summed E-state index contributed by atoms with van der Waals surface area (Å²) in [5.41, 5.74) is 6.12. The van der Waals surface area contributed by atoms with Crippen LogP contribution in [0.3, 0.4) is 0 Å². The fourth-order valence-corrected chi connectivity index (χ4v) is 4.51. The smallest absolute Gasteiger partial charge is 0.356 e. The number of hydrogen-bond acceptors (Lipinski definition) is 5. The molecule has 0 radical (unpaired) electrons. The molecule has 0 atom stereocenters. The summed E-state index contributed by atoms with van der Waals surface area (Å²) in [6, 6.07) is 20.7. The van der Waals surface area contributed by atoms with Crippen molar-refractivity contribution in [2.75, 3.05) is 23.9 Å². The lowest BCUT2D eigenvalue weighted by molar-refractivity contribution is 0.0519. The molecule has 172 valence electrons. The van der Waals surface area contributed by atoms with Gasteiger partial charge in [-0.2, -0.15) is 0 Å². The maximum atomic E-state index is 12.0. The van der Waals surface area contributed by atoms with E-state index >= 15 is 0 Å². The van der Waals surface area contributed by atoms with Crippen LogP contribution in [0.15, 0.2) is 60.7 Å². The molecular formula is C28H33N3O2. The van der Waals surface area contributed by atoms with Gasteiger partial charge in [0.1, 0.15) is 5.82 Å². The van der Waals surface area contributed by atoms with Crippen molar-refractivity contribution in [3.63, 3.8) is 0 Å². The Bertz CT molecular complexity index is 1090. The lowest BCUT2D eigenvalue weighted by Gasteiger charge is -2.24. The molecule has 1 saturated carbocycles.